The minimum atomic E-state index is -1.63. The first-order valence-electron chi connectivity index (χ1n) is 10.0. The summed E-state index contributed by atoms with van der Waals surface area (Å²) in [6.45, 7) is 2.58. The molecule has 0 bridgehead atoms. The van der Waals surface area contributed by atoms with E-state index in [0.29, 0.717) is 11.7 Å². The summed E-state index contributed by atoms with van der Waals surface area (Å²) in [6.07, 6.45) is 0.820. The molecule has 0 aliphatic rings. The van der Waals surface area contributed by atoms with Gasteiger partial charge in [-0.25, -0.2) is 13.2 Å². The molecule has 32 heavy (non-hydrogen) atoms. The number of benzene rings is 2. The van der Waals surface area contributed by atoms with Crippen molar-refractivity contribution in [2.75, 3.05) is 25.2 Å². The van der Waals surface area contributed by atoms with Crippen LogP contribution in [-0.2, 0) is 11.3 Å². The second kappa shape index (κ2) is 10.6. The number of anilines is 1. The van der Waals surface area contributed by atoms with E-state index >= 15 is 0 Å². The van der Waals surface area contributed by atoms with Crippen LogP contribution in [0.2, 0.25) is 0 Å². The lowest BCUT2D eigenvalue weighted by Crippen LogP contribution is -2.23. The molecule has 6 nitrogen and oxygen atoms in total. The molecular formula is C22H24F3N5OS. The summed E-state index contributed by atoms with van der Waals surface area (Å²) in [5.41, 5.74) is 0.636. The highest BCUT2D eigenvalue weighted by molar-refractivity contribution is 7.99. The van der Waals surface area contributed by atoms with E-state index < -0.39 is 29.0 Å². The van der Waals surface area contributed by atoms with Gasteiger partial charge in [-0.15, -0.1) is 10.2 Å². The molecule has 0 saturated heterocycles. The van der Waals surface area contributed by atoms with Crippen LogP contribution in [0.25, 0.3) is 0 Å². The average molecular weight is 464 g/mol. The van der Waals surface area contributed by atoms with Crippen LogP contribution in [0.15, 0.2) is 47.6 Å². The fourth-order valence-electron chi connectivity index (χ4n) is 3.29. The van der Waals surface area contributed by atoms with E-state index in [1.807, 2.05) is 49.0 Å². The second-order valence-corrected chi connectivity index (χ2v) is 8.30. The topological polar surface area (TPSA) is 63.1 Å². The fraction of sp³-hybridized carbons (Fsp3) is 0.318. The summed E-state index contributed by atoms with van der Waals surface area (Å²) in [6, 6.07) is 11.6. The van der Waals surface area contributed by atoms with Crippen molar-refractivity contribution in [1.82, 2.24) is 19.7 Å². The van der Waals surface area contributed by atoms with Crippen LogP contribution >= 0.6 is 11.8 Å². The van der Waals surface area contributed by atoms with E-state index in [4.69, 9.17) is 0 Å². The average Bonchev–Trinajstić information content (AvgIpc) is 3.16. The van der Waals surface area contributed by atoms with Crippen LogP contribution in [0.1, 0.15) is 30.8 Å². The Balaban J connectivity index is 1.79. The molecule has 3 rings (SSSR count). The molecule has 0 saturated carbocycles. The lowest BCUT2D eigenvalue weighted by atomic mass is 10.2. The molecule has 1 N–H and O–H groups in total. The van der Waals surface area contributed by atoms with Gasteiger partial charge in [0.05, 0.1) is 24.0 Å². The molecular weight excluding hydrogens is 439 g/mol. The molecule has 0 aliphatic heterocycles. The zero-order chi connectivity index (χ0) is 23.3. The third kappa shape index (κ3) is 5.49. The summed E-state index contributed by atoms with van der Waals surface area (Å²) < 4.78 is 42.3. The highest BCUT2D eigenvalue weighted by atomic mass is 32.2. The van der Waals surface area contributed by atoms with E-state index in [9.17, 15) is 18.0 Å². The minimum absolute atomic E-state index is 0.0330. The van der Waals surface area contributed by atoms with Gasteiger partial charge in [-0.2, -0.15) is 0 Å². The molecule has 1 aromatic heterocycles. The van der Waals surface area contributed by atoms with Crippen molar-refractivity contribution in [3.8, 4) is 0 Å². The van der Waals surface area contributed by atoms with Gasteiger partial charge < -0.3 is 9.88 Å². The first-order valence-corrected chi connectivity index (χ1v) is 11.0. The largest absolute Gasteiger partial charge is 0.323 e. The van der Waals surface area contributed by atoms with Crippen molar-refractivity contribution in [2.24, 2.45) is 0 Å². The summed E-state index contributed by atoms with van der Waals surface area (Å²) in [5, 5.41) is 11.4. The number of amides is 1. The first kappa shape index (κ1) is 23.8. The Hall–Kier alpha value is -2.85. The molecule has 0 radical (unpaired) electrons. The van der Waals surface area contributed by atoms with E-state index in [0.717, 1.165) is 41.7 Å². The predicted octanol–water partition coefficient (Wildman–Crippen LogP) is 4.49. The zero-order valence-electron chi connectivity index (χ0n) is 18.0. The maximum absolute atomic E-state index is 13.8. The number of carbonyl (C=O) groups excluding carboxylic acids is 1. The molecule has 0 aliphatic carbocycles. The third-order valence-corrected chi connectivity index (χ3v) is 5.85. The Labute approximate surface area is 188 Å². The number of hydrogen-bond donors (Lipinski definition) is 1. The standard InChI is InChI=1S/C22H24F3N5OS/c1-4-17(29(2)3)21-27-28-22(30(21)12-14-8-6-5-7-9-14)32-13-18(31)26-16-11-10-15(23)19(24)20(16)25/h5-11,17H,4,12-13H2,1-3H3,(H,26,31). The fourth-order valence-corrected chi connectivity index (χ4v) is 4.03. The van der Waals surface area contributed by atoms with E-state index in [1.54, 1.807) is 0 Å². The molecule has 170 valence electrons. The first-order chi connectivity index (χ1) is 15.3. The third-order valence-electron chi connectivity index (χ3n) is 4.88. The van der Waals surface area contributed by atoms with Gasteiger partial charge in [0.25, 0.3) is 0 Å². The Morgan fingerprint density at radius 3 is 2.47 bits per heavy atom. The molecule has 1 atom stereocenters. The molecule has 3 aromatic rings. The number of halogens is 3. The molecule has 1 amide bonds. The molecule has 0 fully saturated rings. The number of carbonyl (C=O) groups is 1. The highest BCUT2D eigenvalue weighted by Crippen LogP contribution is 2.27. The molecule has 10 heteroatoms. The lowest BCUT2D eigenvalue weighted by Gasteiger charge is -2.23. The van der Waals surface area contributed by atoms with Crippen LogP contribution in [0.4, 0.5) is 18.9 Å². The SMILES string of the molecule is CCC(c1nnc(SCC(=O)Nc2ccc(F)c(F)c2F)n1Cc1ccccc1)N(C)C. The second-order valence-electron chi connectivity index (χ2n) is 7.36. The Kier molecular flexibility index (Phi) is 7.92. The summed E-state index contributed by atoms with van der Waals surface area (Å²) in [5.74, 6) is -4.29. The van der Waals surface area contributed by atoms with Crippen molar-refractivity contribution in [3.63, 3.8) is 0 Å². The van der Waals surface area contributed by atoms with Gasteiger partial charge in [0, 0.05) is 0 Å². The monoisotopic (exact) mass is 463 g/mol. The van der Waals surface area contributed by atoms with Gasteiger partial charge in [-0.1, -0.05) is 49.0 Å². The Morgan fingerprint density at radius 2 is 1.81 bits per heavy atom. The quantitative estimate of drug-likeness (QED) is 0.374. The van der Waals surface area contributed by atoms with Crippen LogP contribution in [-0.4, -0.2) is 45.4 Å². The summed E-state index contributed by atoms with van der Waals surface area (Å²) in [7, 11) is 3.93. The number of aromatic nitrogens is 3. The molecule has 0 spiro atoms. The summed E-state index contributed by atoms with van der Waals surface area (Å²) >= 11 is 1.14. The van der Waals surface area contributed by atoms with Crippen molar-refractivity contribution in [3.05, 3.63) is 71.3 Å². The number of hydrogen-bond acceptors (Lipinski definition) is 5. The smallest absolute Gasteiger partial charge is 0.234 e. The summed E-state index contributed by atoms with van der Waals surface area (Å²) in [4.78, 5) is 14.4. The van der Waals surface area contributed by atoms with Crippen LogP contribution in [0, 0.1) is 17.5 Å². The molecule has 1 unspecified atom stereocenters. The van der Waals surface area contributed by atoms with Gasteiger partial charge in [0.15, 0.2) is 28.4 Å². The van der Waals surface area contributed by atoms with E-state index in [-0.39, 0.29) is 11.8 Å². The van der Waals surface area contributed by atoms with Gasteiger partial charge in [-0.3, -0.25) is 9.69 Å². The van der Waals surface area contributed by atoms with Crippen LogP contribution in [0.3, 0.4) is 0 Å². The molecule has 1 heterocycles. The number of rotatable bonds is 9. The maximum atomic E-state index is 13.8. The van der Waals surface area contributed by atoms with Gasteiger partial charge in [-0.05, 0) is 38.2 Å². The van der Waals surface area contributed by atoms with Gasteiger partial charge in [0.1, 0.15) is 0 Å². The number of thioether (sulfide) groups is 1. The van der Waals surface area contributed by atoms with Crippen LogP contribution < -0.4 is 5.32 Å². The number of nitrogens with zero attached hydrogens (tertiary/aromatic N) is 4. The molecule has 2 aromatic carbocycles. The maximum Gasteiger partial charge on any atom is 0.234 e. The van der Waals surface area contributed by atoms with Crippen molar-refractivity contribution >= 4 is 23.4 Å². The highest BCUT2D eigenvalue weighted by Gasteiger charge is 2.23. The Morgan fingerprint density at radius 1 is 1.09 bits per heavy atom. The van der Waals surface area contributed by atoms with Crippen molar-refractivity contribution in [1.29, 1.82) is 0 Å². The minimum Gasteiger partial charge on any atom is -0.323 e. The zero-order valence-corrected chi connectivity index (χ0v) is 18.8. The normalized spacial score (nSPS) is 12.2. The van der Waals surface area contributed by atoms with Crippen molar-refractivity contribution < 1.29 is 18.0 Å². The Bertz CT molecular complexity index is 1070. The number of nitrogens with one attached hydrogen (secondary N) is 1. The van der Waals surface area contributed by atoms with Gasteiger partial charge >= 0.3 is 0 Å². The van der Waals surface area contributed by atoms with Crippen LogP contribution in [0.5, 0.6) is 0 Å². The van der Waals surface area contributed by atoms with Gasteiger partial charge in [0.2, 0.25) is 5.91 Å². The van der Waals surface area contributed by atoms with Crippen molar-refractivity contribution in [2.45, 2.75) is 31.1 Å². The lowest BCUT2D eigenvalue weighted by molar-refractivity contribution is -0.113. The predicted molar refractivity (Wildman–Crippen MR) is 118 cm³/mol. The van der Waals surface area contributed by atoms with E-state index in [1.165, 1.54) is 0 Å². The van der Waals surface area contributed by atoms with E-state index in [2.05, 4.69) is 27.3 Å².